The molecule has 0 saturated heterocycles. The summed E-state index contributed by atoms with van der Waals surface area (Å²) in [6.07, 6.45) is -4.58. The topological polar surface area (TPSA) is 60.1 Å². The Labute approximate surface area is 172 Å². The van der Waals surface area contributed by atoms with Crippen molar-refractivity contribution in [1.29, 1.82) is 0 Å². The van der Waals surface area contributed by atoms with E-state index < -0.39 is 35.9 Å². The first-order valence-corrected chi connectivity index (χ1v) is 8.77. The molecule has 0 aliphatic heterocycles. The van der Waals surface area contributed by atoms with Crippen LogP contribution in [0.5, 0.6) is 0 Å². The van der Waals surface area contributed by atoms with Gasteiger partial charge in [0.15, 0.2) is 0 Å². The summed E-state index contributed by atoms with van der Waals surface area (Å²) in [4.78, 5) is 12.0. The fraction of sp³-hybridized carbons (Fsp3) is 0.200. The number of anilines is 1. The highest BCUT2D eigenvalue weighted by Crippen LogP contribution is 2.37. The van der Waals surface area contributed by atoms with Crippen LogP contribution in [0.2, 0.25) is 0 Å². The number of nitrogens with zero attached hydrogens (tertiary/aromatic N) is 2. The number of carbonyl (C=O) groups excluding carboxylic acids is 1. The molecule has 1 aromatic carbocycles. The van der Waals surface area contributed by atoms with E-state index in [1.807, 2.05) is 0 Å². The van der Waals surface area contributed by atoms with Gasteiger partial charge in [0.25, 0.3) is 0 Å². The van der Waals surface area contributed by atoms with Gasteiger partial charge < -0.3 is 9.73 Å². The highest BCUT2D eigenvalue weighted by atomic mass is 19.4. The third kappa shape index (κ3) is 5.36. The van der Waals surface area contributed by atoms with E-state index in [0.29, 0.717) is 17.5 Å². The highest BCUT2D eigenvalue weighted by Gasteiger charge is 2.38. The van der Waals surface area contributed by atoms with E-state index in [1.54, 1.807) is 12.1 Å². The van der Waals surface area contributed by atoms with E-state index in [4.69, 9.17) is 4.42 Å². The molecule has 0 aliphatic rings. The summed E-state index contributed by atoms with van der Waals surface area (Å²) in [5.74, 6) is -0.0749. The predicted molar refractivity (Wildman–Crippen MR) is 98.9 cm³/mol. The third-order valence-corrected chi connectivity index (χ3v) is 4.37. The van der Waals surface area contributed by atoms with Crippen LogP contribution >= 0.6 is 0 Å². The maximum Gasteiger partial charge on any atom is 0.416 e. The Kier molecular flexibility index (Phi) is 5.96. The van der Waals surface area contributed by atoms with Crippen LogP contribution in [-0.4, -0.2) is 15.7 Å². The number of nitrogens with one attached hydrogen (secondary N) is 1. The van der Waals surface area contributed by atoms with Gasteiger partial charge in [-0.15, -0.1) is 0 Å². The minimum atomic E-state index is -4.98. The lowest BCUT2D eigenvalue weighted by Crippen LogP contribution is -2.16. The lowest BCUT2D eigenvalue weighted by molar-refractivity contribution is -0.143. The number of furan rings is 1. The summed E-state index contributed by atoms with van der Waals surface area (Å²) in [6, 6.07) is 4.72. The average Bonchev–Trinajstić information content (AvgIpc) is 3.30. The molecule has 0 radical (unpaired) electrons. The molecule has 2 aromatic heterocycles. The molecular weight excluding hydrogens is 428 g/mol. The first-order valence-electron chi connectivity index (χ1n) is 8.77. The molecule has 3 aromatic rings. The van der Waals surface area contributed by atoms with Gasteiger partial charge in [-0.05, 0) is 42.8 Å². The second-order valence-electron chi connectivity index (χ2n) is 6.51. The SMILES string of the molecule is Cc1c(NC(=O)C=Cc2ccco2)cnn1Cc1ccc(C(F)(F)F)cc1C(F)(F)F. The van der Waals surface area contributed by atoms with Crippen LogP contribution in [0.3, 0.4) is 0 Å². The molecule has 3 rings (SSSR count). The number of alkyl halides is 6. The molecule has 1 amide bonds. The van der Waals surface area contributed by atoms with Crippen LogP contribution in [0.4, 0.5) is 32.0 Å². The summed E-state index contributed by atoms with van der Waals surface area (Å²) in [7, 11) is 0. The molecular formula is C20H15F6N3O2. The molecule has 0 unspecified atom stereocenters. The van der Waals surface area contributed by atoms with Gasteiger partial charge in [-0.1, -0.05) is 6.07 Å². The number of halogens is 6. The van der Waals surface area contributed by atoms with Crippen molar-refractivity contribution < 1.29 is 35.6 Å². The Morgan fingerprint density at radius 1 is 1.16 bits per heavy atom. The molecule has 0 fully saturated rings. The Hall–Kier alpha value is -3.50. The van der Waals surface area contributed by atoms with Crippen molar-refractivity contribution >= 4 is 17.7 Å². The number of carbonyl (C=O) groups is 1. The maximum absolute atomic E-state index is 13.3. The first-order chi connectivity index (χ1) is 14.4. The third-order valence-electron chi connectivity index (χ3n) is 4.37. The van der Waals surface area contributed by atoms with Gasteiger partial charge in [0, 0.05) is 6.08 Å². The summed E-state index contributed by atoms with van der Waals surface area (Å²) in [5, 5.41) is 6.47. The quantitative estimate of drug-likeness (QED) is 0.417. The van der Waals surface area contributed by atoms with Crippen molar-refractivity contribution in [2.75, 3.05) is 5.32 Å². The number of amides is 1. The molecule has 11 heteroatoms. The van der Waals surface area contributed by atoms with Crippen LogP contribution < -0.4 is 5.32 Å². The monoisotopic (exact) mass is 443 g/mol. The van der Waals surface area contributed by atoms with Crippen molar-refractivity contribution in [1.82, 2.24) is 9.78 Å². The van der Waals surface area contributed by atoms with E-state index in [9.17, 15) is 31.1 Å². The molecule has 2 heterocycles. The van der Waals surface area contributed by atoms with Gasteiger partial charge >= 0.3 is 12.4 Å². The fourth-order valence-corrected chi connectivity index (χ4v) is 2.76. The summed E-state index contributed by atoms with van der Waals surface area (Å²) < 4.78 is 84.7. The minimum Gasteiger partial charge on any atom is -0.465 e. The number of rotatable bonds is 5. The van der Waals surface area contributed by atoms with Crippen molar-refractivity contribution in [2.45, 2.75) is 25.8 Å². The van der Waals surface area contributed by atoms with Crippen molar-refractivity contribution in [3.05, 3.63) is 77.0 Å². The van der Waals surface area contributed by atoms with Gasteiger partial charge in [-0.25, -0.2) is 0 Å². The molecule has 0 atom stereocenters. The Bertz CT molecular complexity index is 1100. The lowest BCUT2D eigenvalue weighted by Gasteiger charge is -2.16. The number of aromatic nitrogens is 2. The van der Waals surface area contributed by atoms with Crippen molar-refractivity contribution in [2.24, 2.45) is 0 Å². The van der Waals surface area contributed by atoms with Crippen LogP contribution in [0.15, 0.2) is 53.3 Å². The maximum atomic E-state index is 13.3. The zero-order valence-electron chi connectivity index (χ0n) is 15.9. The van der Waals surface area contributed by atoms with Gasteiger partial charge in [0.1, 0.15) is 5.76 Å². The second kappa shape index (κ2) is 8.32. The molecule has 0 bridgehead atoms. The van der Waals surface area contributed by atoms with Crippen molar-refractivity contribution in [3.8, 4) is 0 Å². The van der Waals surface area contributed by atoms with E-state index >= 15 is 0 Å². The first kappa shape index (κ1) is 22.2. The fourth-order valence-electron chi connectivity index (χ4n) is 2.76. The zero-order chi connectivity index (χ0) is 22.8. The Morgan fingerprint density at radius 3 is 2.52 bits per heavy atom. The van der Waals surface area contributed by atoms with Crippen LogP contribution in [0.25, 0.3) is 6.08 Å². The van der Waals surface area contributed by atoms with Crippen LogP contribution in [0.1, 0.15) is 28.1 Å². The van der Waals surface area contributed by atoms with Crippen molar-refractivity contribution in [3.63, 3.8) is 0 Å². The molecule has 0 aliphatic carbocycles. The minimum absolute atomic E-state index is 0.0796. The number of benzene rings is 1. The summed E-state index contributed by atoms with van der Waals surface area (Å²) in [5.41, 5.74) is -2.61. The van der Waals surface area contributed by atoms with E-state index in [0.717, 1.165) is 10.7 Å². The van der Waals surface area contributed by atoms with Crippen LogP contribution in [-0.2, 0) is 23.7 Å². The Balaban J connectivity index is 1.81. The van der Waals surface area contributed by atoms with E-state index in [2.05, 4.69) is 10.4 Å². The van der Waals surface area contributed by atoms with Gasteiger partial charge in [-0.2, -0.15) is 31.4 Å². The largest absolute Gasteiger partial charge is 0.465 e. The van der Waals surface area contributed by atoms with E-state index in [-0.39, 0.29) is 17.3 Å². The summed E-state index contributed by atoms with van der Waals surface area (Å²) in [6.45, 7) is 1.08. The van der Waals surface area contributed by atoms with Gasteiger partial charge in [-0.3, -0.25) is 9.48 Å². The molecule has 1 N–H and O–H groups in total. The predicted octanol–water partition coefficient (Wildman–Crippen LogP) is 5.52. The zero-order valence-corrected chi connectivity index (χ0v) is 15.9. The molecule has 0 spiro atoms. The molecule has 5 nitrogen and oxygen atoms in total. The van der Waals surface area contributed by atoms with E-state index in [1.165, 1.54) is 31.5 Å². The molecule has 164 valence electrons. The Morgan fingerprint density at radius 2 is 1.90 bits per heavy atom. The normalized spacial score (nSPS) is 12.5. The van der Waals surface area contributed by atoms with Crippen LogP contribution in [0, 0.1) is 6.92 Å². The average molecular weight is 443 g/mol. The van der Waals surface area contributed by atoms with Gasteiger partial charge in [0.05, 0.1) is 41.5 Å². The summed E-state index contributed by atoms with van der Waals surface area (Å²) >= 11 is 0. The standard InChI is InChI=1S/C20H15F6N3O2/c1-12-17(28-18(30)7-6-15-3-2-8-31-15)10-27-29(12)11-13-4-5-14(19(21,22)23)9-16(13)20(24,25)26/h2-10H,11H2,1H3,(H,28,30). The lowest BCUT2D eigenvalue weighted by atomic mass is 10.0. The smallest absolute Gasteiger partial charge is 0.416 e. The number of hydrogen-bond acceptors (Lipinski definition) is 3. The highest BCUT2D eigenvalue weighted by molar-refractivity contribution is 6.01. The molecule has 0 saturated carbocycles. The second-order valence-corrected chi connectivity index (χ2v) is 6.51. The molecule has 31 heavy (non-hydrogen) atoms. The van der Waals surface area contributed by atoms with Gasteiger partial charge in [0.2, 0.25) is 5.91 Å². The number of hydrogen-bond donors (Lipinski definition) is 1.